The van der Waals surface area contributed by atoms with Crippen LogP contribution in [0.2, 0.25) is 0 Å². The van der Waals surface area contributed by atoms with E-state index in [0.717, 1.165) is 6.54 Å². The summed E-state index contributed by atoms with van der Waals surface area (Å²) in [4.78, 5) is 12.1. The Hall–Kier alpha value is -2.57. The van der Waals surface area contributed by atoms with E-state index in [1.807, 2.05) is 29.7 Å². The molecule has 7 heteroatoms. The normalized spacial score (nSPS) is 16.5. The van der Waals surface area contributed by atoms with Crippen molar-refractivity contribution in [3.8, 4) is 11.5 Å². The molecule has 1 aliphatic rings. The second-order valence-electron chi connectivity index (χ2n) is 4.62. The minimum Gasteiger partial charge on any atom is -0.485 e. The fourth-order valence-electron chi connectivity index (χ4n) is 2.11. The van der Waals surface area contributed by atoms with Gasteiger partial charge in [-0.25, -0.2) is 0 Å². The van der Waals surface area contributed by atoms with Crippen molar-refractivity contribution in [3.63, 3.8) is 0 Å². The van der Waals surface area contributed by atoms with Crippen LogP contribution in [-0.4, -0.2) is 33.4 Å². The molecule has 1 amide bonds. The van der Waals surface area contributed by atoms with Gasteiger partial charge in [0.1, 0.15) is 12.9 Å². The minimum absolute atomic E-state index is 0.198. The van der Waals surface area contributed by atoms with Crippen LogP contribution in [0, 0.1) is 0 Å². The lowest BCUT2D eigenvalue weighted by Crippen LogP contribution is -2.44. The maximum absolute atomic E-state index is 12.1. The van der Waals surface area contributed by atoms with E-state index in [1.165, 1.54) is 0 Å². The molecule has 3 rings (SSSR count). The predicted molar refractivity (Wildman–Crippen MR) is 73.9 cm³/mol. The maximum atomic E-state index is 12.1. The largest absolute Gasteiger partial charge is 0.485 e. The van der Waals surface area contributed by atoms with Crippen molar-refractivity contribution in [2.24, 2.45) is 0 Å². The molecular weight excluding hydrogens is 272 g/mol. The molecule has 2 aromatic rings. The second-order valence-corrected chi connectivity index (χ2v) is 4.62. The zero-order chi connectivity index (χ0) is 14.7. The summed E-state index contributed by atoms with van der Waals surface area (Å²) in [6.45, 7) is 3.26. The first kappa shape index (κ1) is 13.4. The van der Waals surface area contributed by atoms with Crippen LogP contribution in [0.3, 0.4) is 0 Å². The number of hydrogen-bond donors (Lipinski definition) is 1. The summed E-state index contributed by atoms with van der Waals surface area (Å²) in [5.74, 6) is 1.73. The number of fused-ring (bicyclic) bond motifs is 1. The number of amides is 1. The SMILES string of the molecule is CCn1cnnc1CNC(=O)[C@H]1COc2ccccc2O1. The molecule has 21 heavy (non-hydrogen) atoms. The highest BCUT2D eigenvalue weighted by atomic mass is 16.6. The van der Waals surface area contributed by atoms with Gasteiger partial charge in [0.05, 0.1) is 6.54 Å². The van der Waals surface area contributed by atoms with Gasteiger partial charge in [0.15, 0.2) is 17.3 Å². The number of aryl methyl sites for hydroxylation is 1. The number of hydrogen-bond acceptors (Lipinski definition) is 5. The summed E-state index contributed by atoms with van der Waals surface area (Å²) in [5.41, 5.74) is 0. The van der Waals surface area contributed by atoms with Gasteiger partial charge in [-0.15, -0.1) is 10.2 Å². The minimum atomic E-state index is -0.655. The van der Waals surface area contributed by atoms with E-state index in [0.29, 0.717) is 23.9 Å². The first-order valence-electron chi connectivity index (χ1n) is 6.81. The molecule has 1 N–H and O–H groups in total. The van der Waals surface area contributed by atoms with Crippen molar-refractivity contribution in [3.05, 3.63) is 36.4 Å². The summed E-state index contributed by atoms with van der Waals surface area (Å²) in [7, 11) is 0. The summed E-state index contributed by atoms with van der Waals surface area (Å²) in [6, 6.07) is 7.29. The molecule has 7 nitrogen and oxygen atoms in total. The third-order valence-corrected chi connectivity index (χ3v) is 3.26. The average Bonchev–Trinajstić information content (AvgIpc) is 2.99. The van der Waals surface area contributed by atoms with Crippen LogP contribution in [-0.2, 0) is 17.9 Å². The molecular formula is C14H16N4O3. The number of carbonyl (C=O) groups excluding carboxylic acids is 1. The quantitative estimate of drug-likeness (QED) is 0.898. The first-order chi connectivity index (χ1) is 10.3. The van der Waals surface area contributed by atoms with Crippen LogP contribution in [0.25, 0.3) is 0 Å². The number of rotatable bonds is 4. The monoisotopic (exact) mass is 288 g/mol. The predicted octanol–water partition coefficient (Wildman–Crippen LogP) is 0.754. The summed E-state index contributed by atoms with van der Waals surface area (Å²) >= 11 is 0. The molecule has 0 saturated carbocycles. The molecule has 1 aliphatic heterocycles. The number of ether oxygens (including phenoxy) is 2. The Morgan fingerprint density at radius 1 is 1.43 bits per heavy atom. The topological polar surface area (TPSA) is 78.3 Å². The molecule has 1 atom stereocenters. The van der Waals surface area contributed by atoms with Gasteiger partial charge in [0.2, 0.25) is 6.10 Å². The van der Waals surface area contributed by atoms with Gasteiger partial charge < -0.3 is 19.4 Å². The number of nitrogens with one attached hydrogen (secondary N) is 1. The summed E-state index contributed by atoms with van der Waals surface area (Å²) in [6.07, 6.45) is 0.982. The van der Waals surface area contributed by atoms with Gasteiger partial charge in [-0.1, -0.05) is 12.1 Å². The van der Waals surface area contributed by atoms with Gasteiger partial charge >= 0.3 is 0 Å². The molecule has 0 bridgehead atoms. The number of benzene rings is 1. The summed E-state index contributed by atoms with van der Waals surface area (Å²) in [5, 5.41) is 10.6. The van der Waals surface area contributed by atoms with E-state index in [-0.39, 0.29) is 12.5 Å². The van der Waals surface area contributed by atoms with E-state index in [9.17, 15) is 4.79 Å². The zero-order valence-corrected chi connectivity index (χ0v) is 11.7. The van der Waals surface area contributed by atoms with Gasteiger partial charge in [-0.05, 0) is 19.1 Å². The highest BCUT2D eigenvalue weighted by Crippen LogP contribution is 2.30. The van der Waals surface area contributed by atoms with Crippen molar-refractivity contribution in [2.45, 2.75) is 26.1 Å². The Balaban J connectivity index is 1.60. The molecule has 0 fully saturated rings. The van der Waals surface area contributed by atoms with Crippen molar-refractivity contribution < 1.29 is 14.3 Å². The molecule has 0 spiro atoms. The van der Waals surface area contributed by atoms with Crippen LogP contribution in [0.15, 0.2) is 30.6 Å². The third-order valence-electron chi connectivity index (χ3n) is 3.26. The van der Waals surface area contributed by atoms with Gasteiger partial charge in [0.25, 0.3) is 5.91 Å². The van der Waals surface area contributed by atoms with Crippen LogP contribution >= 0.6 is 0 Å². The number of aromatic nitrogens is 3. The molecule has 110 valence electrons. The Bertz CT molecular complexity index is 641. The third kappa shape index (κ3) is 2.81. The molecule has 0 saturated heterocycles. The van der Waals surface area contributed by atoms with E-state index < -0.39 is 6.10 Å². The van der Waals surface area contributed by atoms with Crippen molar-refractivity contribution in [1.29, 1.82) is 0 Å². The molecule has 1 aromatic heterocycles. The number of nitrogens with zero attached hydrogens (tertiary/aromatic N) is 3. The number of para-hydroxylation sites is 2. The van der Waals surface area contributed by atoms with Crippen molar-refractivity contribution >= 4 is 5.91 Å². The van der Waals surface area contributed by atoms with Gasteiger partial charge in [-0.3, -0.25) is 4.79 Å². The Kier molecular flexibility index (Phi) is 3.72. The Labute approximate surface area is 121 Å². The lowest BCUT2D eigenvalue weighted by atomic mass is 10.2. The van der Waals surface area contributed by atoms with Crippen LogP contribution in [0.5, 0.6) is 11.5 Å². The van der Waals surface area contributed by atoms with E-state index in [1.54, 1.807) is 12.4 Å². The highest BCUT2D eigenvalue weighted by Gasteiger charge is 2.27. The zero-order valence-electron chi connectivity index (χ0n) is 11.7. The van der Waals surface area contributed by atoms with Gasteiger partial charge in [0, 0.05) is 6.54 Å². The molecule has 1 aromatic carbocycles. The van der Waals surface area contributed by atoms with E-state index in [2.05, 4.69) is 15.5 Å². The van der Waals surface area contributed by atoms with Crippen molar-refractivity contribution in [2.75, 3.05) is 6.61 Å². The van der Waals surface area contributed by atoms with Crippen LogP contribution in [0.4, 0.5) is 0 Å². The van der Waals surface area contributed by atoms with Crippen LogP contribution in [0.1, 0.15) is 12.7 Å². The second kappa shape index (κ2) is 5.82. The molecule has 0 unspecified atom stereocenters. The fraction of sp³-hybridized carbons (Fsp3) is 0.357. The molecule has 0 radical (unpaired) electrons. The lowest BCUT2D eigenvalue weighted by molar-refractivity contribution is -0.130. The Morgan fingerprint density at radius 3 is 3.05 bits per heavy atom. The van der Waals surface area contributed by atoms with Gasteiger partial charge in [-0.2, -0.15) is 0 Å². The number of carbonyl (C=O) groups is 1. The first-order valence-corrected chi connectivity index (χ1v) is 6.81. The van der Waals surface area contributed by atoms with Crippen molar-refractivity contribution in [1.82, 2.24) is 20.1 Å². The smallest absolute Gasteiger partial charge is 0.265 e. The fourth-order valence-corrected chi connectivity index (χ4v) is 2.11. The highest BCUT2D eigenvalue weighted by molar-refractivity contribution is 5.81. The maximum Gasteiger partial charge on any atom is 0.265 e. The molecule has 0 aliphatic carbocycles. The average molecular weight is 288 g/mol. The van der Waals surface area contributed by atoms with Crippen LogP contribution < -0.4 is 14.8 Å². The molecule has 2 heterocycles. The summed E-state index contributed by atoms with van der Waals surface area (Å²) < 4.78 is 13.0. The van der Waals surface area contributed by atoms with E-state index >= 15 is 0 Å². The Morgan fingerprint density at radius 2 is 2.24 bits per heavy atom. The lowest BCUT2D eigenvalue weighted by Gasteiger charge is -2.25. The van der Waals surface area contributed by atoms with E-state index in [4.69, 9.17) is 9.47 Å². The standard InChI is InChI=1S/C14H16N4O3/c1-2-18-9-16-17-13(18)7-15-14(19)12-8-20-10-5-3-4-6-11(10)21-12/h3-6,9,12H,2,7-8H2,1H3,(H,15,19)/t12-/m1/s1.